The van der Waals surface area contributed by atoms with Crippen molar-refractivity contribution in [3.8, 4) is 0 Å². The summed E-state index contributed by atoms with van der Waals surface area (Å²) in [7, 11) is 1.96. The van der Waals surface area contributed by atoms with Gasteiger partial charge in [0.1, 0.15) is 12.2 Å². The van der Waals surface area contributed by atoms with Gasteiger partial charge in [-0.3, -0.25) is 4.79 Å². The van der Waals surface area contributed by atoms with E-state index in [1.54, 1.807) is 6.33 Å². The van der Waals surface area contributed by atoms with Gasteiger partial charge in [-0.1, -0.05) is 0 Å². The molecular formula is C14H18N4O. The Kier molecular flexibility index (Phi) is 2.97. The Bertz CT molecular complexity index is 623. The summed E-state index contributed by atoms with van der Waals surface area (Å²) in [6, 6.07) is 2.04. The van der Waals surface area contributed by atoms with Crippen LogP contribution in [0, 0.1) is 6.92 Å². The number of carbonyl (C=O) groups excluding carboxylic acids is 1. The first kappa shape index (κ1) is 12.1. The third-order valence-electron chi connectivity index (χ3n) is 3.90. The molecule has 2 heterocycles. The molecule has 0 amide bonds. The van der Waals surface area contributed by atoms with E-state index in [1.165, 1.54) is 11.4 Å². The minimum atomic E-state index is 0.293. The van der Waals surface area contributed by atoms with Crippen molar-refractivity contribution in [2.75, 3.05) is 0 Å². The summed E-state index contributed by atoms with van der Waals surface area (Å²) in [5, 5.41) is 8.00. The van der Waals surface area contributed by atoms with E-state index in [0.717, 1.165) is 37.2 Å². The van der Waals surface area contributed by atoms with Gasteiger partial charge in [0.25, 0.3) is 0 Å². The Labute approximate surface area is 112 Å². The number of Topliss-reactive ketones (excluding diaryl/α,β-unsaturated/α-hetero) is 1. The van der Waals surface area contributed by atoms with Crippen LogP contribution in [0.3, 0.4) is 0 Å². The highest BCUT2D eigenvalue weighted by Gasteiger charge is 2.22. The van der Waals surface area contributed by atoms with Crippen LogP contribution in [0.25, 0.3) is 0 Å². The summed E-state index contributed by atoms with van der Waals surface area (Å²) in [6.45, 7) is 2.93. The second-order valence-electron chi connectivity index (χ2n) is 5.18. The first-order valence-corrected chi connectivity index (χ1v) is 6.72. The van der Waals surface area contributed by atoms with Crippen molar-refractivity contribution in [3.63, 3.8) is 0 Å². The Hall–Kier alpha value is -1.91. The van der Waals surface area contributed by atoms with Gasteiger partial charge >= 0.3 is 0 Å². The van der Waals surface area contributed by atoms with Crippen LogP contribution in [0.15, 0.2) is 12.4 Å². The van der Waals surface area contributed by atoms with Crippen molar-refractivity contribution < 1.29 is 4.79 Å². The van der Waals surface area contributed by atoms with Gasteiger partial charge in [-0.25, -0.2) is 0 Å². The van der Waals surface area contributed by atoms with Gasteiger partial charge in [0.15, 0.2) is 5.78 Å². The number of fused-ring (bicyclic) bond motifs is 1. The molecule has 0 unspecified atom stereocenters. The van der Waals surface area contributed by atoms with Crippen molar-refractivity contribution >= 4 is 5.78 Å². The molecule has 19 heavy (non-hydrogen) atoms. The van der Waals surface area contributed by atoms with Crippen LogP contribution in [-0.2, 0) is 26.4 Å². The van der Waals surface area contributed by atoms with E-state index in [2.05, 4.69) is 21.7 Å². The molecule has 3 rings (SSSR count). The van der Waals surface area contributed by atoms with Gasteiger partial charge in [0.05, 0.1) is 0 Å². The second kappa shape index (κ2) is 4.64. The molecule has 100 valence electrons. The van der Waals surface area contributed by atoms with Crippen molar-refractivity contribution in [2.45, 2.75) is 39.2 Å². The number of aromatic nitrogens is 4. The van der Waals surface area contributed by atoms with Crippen molar-refractivity contribution in [1.82, 2.24) is 19.3 Å². The Morgan fingerprint density at radius 1 is 1.37 bits per heavy atom. The third kappa shape index (κ3) is 2.09. The molecule has 0 N–H and O–H groups in total. The Balaban J connectivity index is 1.85. The highest BCUT2D eigenvalue weighted by Crippen LogP contribution is 2.25. The minimum absolute atomic E-state index is 0.293. The fourth-order valence-electron chi connectivity index (χ4n) is 2.85. The molecule has 0 saturated carbocycles. The molecule has 2 aromatic heterocycles. The number of aryl methyl sites for hydroxylation is 3. The SMILES string of the molecule is Cc1cc2c(n1CCc1nncn1C)CCCC2=O. The lowest BCUT2D eigenvalue weighted by molar-refractivity contribution is 0.0972. The molecule has 0 bridgehead atoms. The first-order chi connectivity index (χ1) is 9.16. The zero-order chi connectivity index (χ0) is 13.4. The van der Waals surface area contributed by atoms with Gasteiger partial charge in [0.2, 0.25) is 0 Å². The fourth-order valence-corrected chi connectivity index (χ4v) is 2.85. The molecule has 0 spiro atoms. The summed E-state index contributed by atoms with van der Waals surface area (Å²) < 4.78 is 4.21. The summed E-state index contributed by atoms with van der Waals surface area (Å²) in [5.41, 5.74) is 3.31. The molecule has 0 radical (unpaired) electrons. The summed E-state index contributed by atoms with van der Waals surface area (Å²) in [5.74, 6) is 1.27. The van der Waals surface area contributed by atoms with E-state index in [0.29, 0.717) is 12.2 Å². The van der Waals surface area contributed by atoms with Gasteiger partial charge in [0, 0.05) is 43.4 Å². The largest absolute Gasteiger partial charge is 0.348 e. The van der Waals surface area contributed by atoms with E-state index >= 15 is 0 Å². The maximum absolute atomic E-state index is 11.9. The average molecular weight is 258 g/mol. The minimum Gasteiger partial charge on any atom is -0.348 e. The number of ketones is 1. The quantitative estimate of drug-likeness (QED) is 0.841. The maximum Gasteiger partial charge on any atom is 0.164 e. The highest BCUT2D eigenvalue weighted by atomic mass is 16.1. The topological polar surface area (TPSA) is 52.7 Å². The molecule has 0 aromatic carbocycles. The lowest BCUT2D eigenvalue weighted by Crippen LogP contribution is -2.15. The summed E-state index contributed by atoms with van der Waals surface area (Å²) in [4.78, 5) is 11.9. The van der Waals surface area contributed by atoms with E-state index in [9.17, 15) is 4.79 Å². The number of hydrogen-bond donors (Lipinski definition) is 0. The van der Waals surface area contributed by atoms with Crippen LogP contribution in [-0.4, -0.2) is 25.1 Å². The zero-order valence-corrected chi connectivity index (χ0v) is 11.4. The molecule has 1 aliphatic rings. The van der Waals surface area contributed by atoms with Gasteiger partial charge in [-0.2, -0.15) is 0 Å². The third-order valence-corrected chi connectivity index (χ3v) is 3.90. The predicted octanol–water partition coefficient (Wildman–Crippen LogP) is 1.69. The summed E-state index contributed by atoms with van der Waals surface area (Å²) in [6.07, 6.45) is 5.23. The van der Waals surface area contributed by atoms with Gasteiger partial charge in [-0.05, 0) is 25.8 Å². The molecule has 0 fully saturated rings. The lowest BCUT2D eigenvalue weighted by Gasteiger charge is -2.15. The first-order valence-electron chi connectivity index (χ1n) is 6.72. The van der Waals surface area contributed by atoms with E-state index in [4.69, 9.17) is 0 Å². The lowest BCUT2D eigenvalue weighted by atomic mass is 9.96. The molecule has 0 aliphatic heterocycles. The standard InChI is InChI=1S/C14H18N4O/c1-10-8-11-12(4-3-5-13(11)19)18(10)7-6-14-16-15-9-17(14)2/h8-9H,3-7H2,1-2H3. The highest BCUT2D eigenvalue weighted by molar-refractivity contribution is 5.98. The monoisotopic (exact) mass is 258 g/mol. The number of rotatable bonds is 3. The zero-order valence-electron chi connectivity index (χ0n) is 11.4. The van der Waals surface area contributed by atoms with Crippen molar-refractivity contribution in [1.29, 1.82) is 0 Å². The van der Waals surface area contributed by atoms with Crippen LogP contribution in [0.4, 0.5) is 0 Å². The molecule has 5 heteroatoms. The molecular weight excluding hydrogens is 240 g/mol. The van der Waals surface area contributed by atoms with Crippen molar-refractivity contribution in [2.24, 2.45) is 7.05 Å². The normalized spacial score (nSPS) is 14.7. The Morgan fingerprint density at radius 2 is 2.21 bits per heavy atom. The van der Waals surface area contributed by atoms with Crippen molar-refractivity contribution in [3.05, 3.63) is 35.2 Å². The van der Waals surface area contributed by atoms with E-state index < -0.39 is 0 Å². The maximum atomic E-state index is 11.9. The number of nitrogens with zero attached hydrogens (tertiary/aromatic N) is 4. The van der Waals surface area contributed by atoms with Crippen LogP contribution in [0.1, 0.15) is 40.4 Å². The number of carbonyl (C=O) groups is 1. The van der Waals surface area contributed by atoms with E-state index in [1.807, 2.05) is 17.7 Å². The fraction of sp³-hybridized carbons (Fsp3) is 0.500. The number of hydrogen-bond acceptors (Lipinski definition) is 3. The smallest absolute Gasteiger partial charge is 0.164 e. The average Bonchev–Trinajstić information content (AvgIpc) is 2.92. The molecule has 2 aromatic rings. The molecule has 5 nitrogen and oxygen atoms in total. The molecule has 0 saturated heterocycles. The summed E-state index contributed by atoms with van der Waals surface area (Å²) >= 11 is 0. The van der Waals surface area contributed by atoms with Crippen LogP contribution >= 0.6 is 0 Å². The molecule has 1 aliphatic carbocycles. The van der Waals surface area contributed by atoms with Crippen LogP contribution in [0.5, 0.6) is 0 Å². The second-order valence-corrected chi connectivity index (χ2v) is 5.18. The van der Waals surface area contributed by atoms with Crippen LogP contribution in [0.2, 0.25) is 0 Å². The van der Waals surface area contributed by atoms with Gasteiger partial charge in [-0.15, -0.1) is 10.2 Å². The Morgan fingerprint density at radius 3 is 2.95 bits per heavy atom. The van der Waals surface area contributed by atoms with E-state index in [-0.39, 0.29) is 0 Å². The molecule has 0 atom stereocenters. The van der Waals surface area contributed by atoms with Gasteiger partial charge < -0.3 is 9.13 Å². The van der Waals surface area contributed by atoms with Crippen LogP contribution < -0.4 is 0 Å². The predicted molar refractivity (Wildman–Crippen MR) is 71.1 cm³/mol.